The molecule has 0 N–H and O–H groups in total. The van der Waals surface area contributed by atoms with Gasteiger partial charge in [-0.25, -0.2) is 4.39 Å². The van der Waals surface area contributed by atoms with Crippen molar-refractivity contribution in [2.24, 2.45) is 7.05 Å². The van der Waals surface area contributed by atoms with Gasteiger partial charge in [0.1, 0.15) is 5.82 Å². The zero-order valence-electron chi connectivity index (χ0n) is 15.3. The van der Waals surface area contributed by atoms with Crippen molar-refractivity contribution in [2.45, 2.75) is 19.9 Å². The highest BCUT2D eigenvalue weighted by atomic mass is 19.1. The van der Waals surface area contributed by atoms with Gasteiger partial charge in [-0.05, 0) is 42.8 Å². The number of fused-ring (bicyclic) bond motifs is 2. The molecule has 138 valence electrons. The van der Waals surface area contributed by atoms with Crippen LogP contribution in [0, 0.1) is 5.82 Å². The normalized spacial score (nSPS) is 11.4. The van der Waals surface area contributed by atoms with Gasteiger partial charge >= 0.3 is 5.97 Å². The molecule has 0 unspecified atom stereocenters. The first kappa shape index (κ1) is 17.3. The Kier molecular flexibility index (Phi) is 4.39. The molecule has 0 fully saturated rings. The number of rotatable bonds is 5. The summed E-state index contributed by atoms with van der Waals surface area (Å²) in [4.78, 5) is 11.6. The summed E-state index contributed by atoms with van der Waals surface area (Å²) in [5.41, 5.74) is 3.92. The Bertz CT molecular complexity index is 1140. The number of carbonyl (C=O) groups is 1. The second-order valence-corrected chi connectivity index (χ2v) is 6.51. The number of hydrogen-bond donors (Lipinski definition) is 0. The lowest BCUT2D eigenvalue weighted by atomic mass is 10.0. The van der Waals surface area contributed by atoms with Crippen LogP contribution >= 0.6 is 0 Å². The van der Waals surface area contributed by atoms with Gasteiger partial charge in [0.15, 0.2) is 0 Å². The van der Waals surface area contributed by atoms with E-state index in [0.717, 1.165) is 32.9 Å². The molecular formula is C21H20FN3O2. The lowest BCUT2D eigenvalue weighted by Crippen LogP contribution is -2.09. The number of halogens is 1. The number of ether oxygens (including phenoxy) is 1. The highest BCUT2D eigenvalue weighted by Crippen LogP contribution is 2.32. The fraction of sp³-hybridized carbons (Fsp3) is 0.238. The predicted molar refractivity (Wildman–Crippen MR) is 103 cm³/mol. The summed E-state index contributed by atoms with van der Waals surface area (Å²) in [6.45, 7) is 2.66. The summed E-state index contributed by atoms with van der Waals surface area (Å²) in [5.74, 6) is -0.464. The van der Waals surface area contributed by atoms with Crippen LogP contribution in [-0.2, 0) is 23.1 Å². The minimum atomic E-state index is -0.242. The molecule has 5 nitrogen and oxygen atoms in total. The topological polar surface area (TPSA) is 49.1 Å². The Morgan fingerprint density at radius 3 is 2.85 bits per heavy atom. The molecule has 6 heteroatoms. The van der Waals surface area contributed by atoms with Crippen molar-refractivity contribution in [1.29, 1.82) is 0 Å². The van der Waals surface area contributed by atoms with Gasteiger partial charge < -0.3 is 9.30 Å². The van der Waals surface area contributed by atoms with Gasteiger partial charge in [-0.15, -0.1) is 0 Å². The Labute approximate surface area is 156 Å². The lowest BCUT2D eigenvalue weighted by molar-refractivity contribution is -0.143. The van der Waals surface area contributed by atoms with Gasteiger partial charge in [0.2, 0.25) is 0 Å². The molecule has 2 aromatic heterocycles. The van der Waals surface area contributed by atoms with Crippen LogP contribution in [0.25, 0.3) is 32.9 Å². The van der Waals surface area contributed by atoms with E-state index < -0.39 is 0 Å². The predicted octanol–water partition coefficient (Wildman–Crippen LogP) is 4.29. The molecule has 0 aliphatic carbocycles. The van der Waals surface area contributed by atoms with Crippen molar-refractivity contribution in [3.05, 3.63) is 54.6 Å². The summed E-state index contributed by atoms with van der Waals surface area (Å²) < 4.78 is 22.3. The van der Waals surface area contributed by atoms with E-state index in [1.807, 2.05) is 40.7 Å². The molecule has 0 saturated carbocycles. The first-order valence-electron chi connectivity index (χ1n) is 8.93. The first-order valence-corrected chi connectivity index (χ1v) is 8.93. The molecule has 0 bridgehead atoms. The third-order valence-electron chi connectivity index (χ3n) is 4.74. The van der Waals surface area contributed by atoms with Gasteiger partial charge in [-0.1, -0.05) is 6.07 Å². The van der Waals surface area contributed by atoms with Gasteiger partial charge in [0.25, 0.3) is 0 Å². The second-order valence-electron chi connectivity index (χ2n) is 6.51. The van der Waals surface area contributed by atoms with Crippen LogP contribution in [0.3, 0.4) is 0 Å². The van der Waals surface area contributed by atoms with Crippen molar-refractivity contribution in [2.75, 3.05) is 6.61 Å². The Morgan fingerprint density at radius 1 is 1.19 bits per heavy atom. The maximum atomic E-state index is 13.6. The molecule has 4 aromatic rings. The number of aryl methyl sites for hydroxylation is 2. The number of esters is 1. The van der Waals surface area contributed by atoms with E-state index in [2.05, 4.69) is 11.2 Å². The van der Waals surface area contributed by atoms with E-state index in [4.69, 9.17) is 4.74 Å². The number of benzene rings is 2. The maximum absolute atomic E-state index is 13.6. The van der Waals surface area contributed by atoms with Crippen molar-refractivity contribution >= 4 is 27.8 Å². The van der Waals surface area contributed by atoms with Crippen LogP contribution in [-0.4, -0.2) is 26.9 Å². The minimum absolute atomic E-state index is 0.222. The van der Waals surface area contributed by atoms with Gasteiger partial charge in [0, 0.05) is 29.6 Å². The summed E-state index contributed by atoms with van der Waals surface area (Å²) in [5, 5.41) is 6.40. The van der Waals surface area contributed by atoms with E-state index in [9.17, 15) is 9.18 Å². The third-order valence-corrected chi connectivity index (χ3v) is 4.74. The van der Waals surface area contributed by atoms with Crippen LogP contribution in [0.15, 0.2) is 48.8 Å². The molecule has 0 radical (unpaired) electrons. The van der Waals surface area contributed by atoms with Gasteiger partial charge in [0.05, 0.1) is 36.8 Å². The standard InChI is InChI=1S/C21H20FN3O2/c1-3-27-21(26)8-9-25-19-7-4-14(10-15(19)12-23-25)18-13-24(2)20-11-16(22)5-6-17(18)20/h4-7,10-13H,3,8-9H2,1-2H3. The summed E-state index contributed by atoms with van der Waals surface area (Å²) in [6, 6.07) is 10.9. The number of carbonyl (C=O) groups excluding carboxylic acids is 1. The molecule has 0 amide bonds. The summed E-state index contributed by atoms with van der Waals surface area (Å²) >= 11 is 0. The van der Waals surface area contributed by atoms with Crippen LogP contribution in [0.5, 0.6) is 0 Å². The van der Waals surface area contributed by atoms with Crippen molar-refractivity contribution in [3.63, 3.8) is 0 Å². The van der Waals surface area contributed by atoms with E-state index in [0.29, 0.717) is 19.6 Å². The SMILES string of the molecule is CCOC(=O)CCn1ncc2cc(-c3cn(C)c4cc(F)ccc34)ccc21. The number of nitrogens with zero attached hydrogens (tertiary/aromatic N) is 3. The van der Waals surface area contributed by atoms with Gasteiger partial charge in [-0.2, -0.15) is 5.10 Å². The molecule has 2 heterocycles. The maximum Gasteiger partial charge on any atom is 0.307 e. The molecule has 4 rings (SSSR count). The molecule has 0 atom stereocenters. The van der Waals surface area contributed by atoms with E-state index >= 15 is 0 Å². The molecule has 0 saturated heterocycles. The van der Waals surface area contributed by atoms with Crippen LogP contribution in [0.4, 0.5) is 4.39 Å². The Balaban J connectivity index is 1.68. The highest BCUT2D eigenvalue weighted by molar-refractivity contribution is 5.98. The third kappa shape index (κ3) is 3.18. The zero-order valence-corrected chi connectivity index (χ0v) is 15.3. The number of hydrogen-bond acceptors (Lipinski definition) is 3. The summed E-state index contributed by atoms with van der Waals surface area (Å²) in [7, 11) is 1.91. The average molecular weight is 365 g/mol. The zero-order chi connectivity index (χ0) is 19.0. The molecule has 27 heavy (non-hydrogen) atoms. The largest absolute Gasteiger partial charge is 0.466 e. The fourth-order valence-corrected chi connectivity index (χ4v) is 3.45. The molecule has 2 aromatic carbocycles. The monoisotopic (exact) mass is 365 g/mol. The smallest absolute Gasteiger partial charge is 0.307 e. The van der Waals surface area contributed by atoms with Crippen LogP contribution in [0.1, 0.15) is 13.3 Å². The molecule has 0 aliphatic rings. The van der Waals surface area contributed by atoms with E-state index in [1.54, 1.807) is 19.2 Å². The van der Waals surface area contributed by atoms with Crippen LogP contribution < -0.4 is 0 Å². The minimum Gasteiger partial charge on any atom is -0.466 e. The van der Waals surface area contributed by atoms with Gasteiger partial charge in [-0.3, -0.25) is 9.48 Å². The lowest BCUT2D eigenvalue weighted by Gasteiger charge is -2.05. The van der Waals surface area contributed by atoms with E-state index in [-0.39, 0.29) is 11.8 Å². The average Bonchev–Trinajstić information content (AvgIpc) is 3.21. The first-order chi connectivity index (χ1) is 13.1. The fourth-order valence-electron chi connectivity index (χ4n) is 3.45. The van der Waals surface area contributed by atoms with E-state index in [1.165, 1.54) is 6.07 Å². The number of aromatic nitrogens is 3. The van der Waals surface area contributed by atoms with Crippen LogP contribution in [0.2, 0.25) is 0 Å². The Hall–Kier alpha value is -3.15. The van der Waals surface area contributed by atoms with Crippen molar-refractivity contribution in [1.82, 2.24) is 14.3 Å². The molecule has 0 spiro atoms. The Morgan fingerprint density at radius 2 is 2.04 bits per heavy atom. The summed E-state index contributed by atoms with van der Waals surface area (Å²) in [6.07, 6.45) is 4.10. The molecular weight excluding hydrogens is 345 g/mol. The van der Waals surface area contributed by atoms with Crippen molar-refractivity contribution in [3.8, 4) is 11.1 Å². The van der Waals surface area contributed by atoms with Crippen molar-refractivity contribution < 1.29 is 13.9 Å². The molecule has 0 aliphatic heterocycles. The second kappa shape index (κ2) is 6.87. The highest BCUT2D eigenvalue weighted by Gasteiger charge is 2.12. The quantitative estimate of drug-likeness (QED) is 0.496.